The molecule has 0 saturated carbocycles. The highest BCUT2D eigenvalue weighted by Crippen LogP contribution is 2.35. The van der Waals surface area contributed by atoms with Crippen LogP contribution >= 0.6 is 22.9 Å². The van der Waals surface area contributed by atoms with Crippen molar-refractivity contribution in [2.75, 3.05) is 19.5 Å². The van der Waals surface area contributed by atoms with Gasteiger partial charge in [0.2, 0.25) is 0 Å². The lowest BCUT2D eigenvalue weighted by molar-refractivity contribution is 0.0958. The van der Waals surface area contributed by atoms with E-state index in [-0.39, 0.29) is 5.91 Å². The molecule has 0 atom stereocenters. The number of hydrazone groups is 1. The first-order chi connectivity index (χ1) is 11.5. The third kappa shape index (κ3) is 4.15. The molecule has 2 aromatic rings. The molecule has 0 aliphatic heterocycles. The molecule has 9 heteroatoms. The molecular weight excluding hydrogens is 352 g/mol. The van der Waals surface area contributed by atoms with Crippen LogP contribution in [0.15, 0.2) is 17.2 Å². The van der Waals surface area contributed by atoms with Gasteiger partial charge in [-0.15, -0.1) is 0 Å². The van der Waals surface area contributed by atoms with Gasteiger partial charge in [0, 0.05) is 0 Å². The zero-order valence-corrected chi connectivity index (χ0v) is 15.0. The minimum atomic E-state index is -0.373. The summed E-state index contributed by atoms with van der Waals surface area (Å²) in [6, 6.07) is 3.38. The van der Waals surface area contributed by atoms with Crippen molar-refractivity contribution in [3.05, 3.63) is 33.3 Å². The van der Waals surface area contributed by atoms with Crippen molar-refractivity contribution in [2.45, 2.75) is 13.8 Å². The Morgan fingerprint density at radius 3 is 2.88 bits per heavy atom. The summed E-state index contributed by atoms with van der Waals surface area (Å²) in [5.74, 6) is 0.587. The highest BCUT2D eigenvalue weighted by molar-refractivity contribution is 7.17. The average Bonchev–Trinajstić information content (AvgIpc) is 2.88. The quantitative estimate of drug-likeness (QED) is 0.603. The lowest BCUT2D eigenvalue weighted by Crippen LogP contribution is -2.17. The maximum absolute atomic E-state index is 12.0. The largest absolute Gasteiger partial charge is 0.493 e. The third-order valence-corrected chi connectivity index (χ3v) is 4.21. The number of nitrogen functional groups attached to an aromatic ring is 1. The van der Waals surface area contributed by atoms with E-state index in [0.717, 1.165) is 11.3 Å². The number of aromatic nitrogens is 1. The molecule has 0 radical (unpaired) electrons. The topological polar surface area (TPSA) is 98.8 Å². The summed E-state index contributed by atoms with van der Waals surface area (Å²) in [4.78, 5) is 16.4. The smallest absolute Gasteiger partial charge is 0.283 e. The van der Waals surface area contributed by atoms with Crippen molar-refractivity contribution in [3.63, 3.8) is 0 Å². The molecule has 1 heterocycles. The van der Waals surface area contributed by atoms with Crippen LogP contribution in [0.1, 0.15) is 27.9 Å². The Morgan fingerprint density at radius 1 is 1.54 bits per heavy atom. The van der Waals surface area contributed by atoms with Gasteiger partial charge in [-0.2, -0.15) is 5.10 Å². The van der Waals surface area contributed by atoms with Crippen LogP contribution in [0.2, 0.25) is 5.02 Å². The Labute approximate surface area is 148 Å². The number of benzene rings is 1. The molecule has 24 heavy (non-hydrogen) atoms. The fraction of sp³-hybridized carbons (Fsp3) is 0.267. The minimum Gasteiger partial charge on any atom is -0.493 e. The van der Waals surface area contributed by atoms with Crippen LogP contribution < -0.4 is 20.6 Å². The molecule has 0 saturated heterocycles. The van der Waals surface area contributed by atoms with E-state index in [1.165, 1.54) is 13.3 Å². The van der Waals surface area contributed by atoms with Gasteiger partial charge in [-0.05, 0) is 31.5 Å². The van der Waals surface area contributed by atoms with Crippen molar-refractivity contribution in [3.8, 4) is 11.5 Å². The molecule has 0 fully saturated rings. The van der Waals surface area contributed by atoms with Gasteiger partial charge in [0.1, 0.15) is 4.88 Å². The fourth-order valence-electron chi connectivity index (χ4n) is 1.94. The number of nitrogens with zero attached hydrogens (tertiary/aromatic N) is 2. The SMILES string of the molecule is CCOc1c(Cl)cc(/C=N\NC(=O)c2sc(N)nc2C)cc1OC. The fourth-order valence-corrected chi connectivity index (χ4v) is 2.94. The summed E-state index contributed by atoms with van der Waals surface area (Å²) >= 11 is 7.29. The summed E-state index contributed by atoms with van der Waals surface area (Å²) in [5.41, 5.74) is 9.22. The number of aryl methyl sites for hydroxylation is 1. The number of hydrogen-bond acceptors (Lipinski definition) is 7. The second-order valence-corrected chi connectivity index (χ2v) is 6.07. The van der Waals surface area contributed by atoms with Gasteiger partial charge in [-0.3, -0.25) is 4.79 Å². The summed E-state index contributed by atoms with van der Waals surface area (Å²) in [7, 11) is 1.52. The highest BCUT2D eigenvalue weighted by Gasteiger charge is 2.14. The van der Waals surface area contributed by atoms with Gasteiger partial charge in [0.25, 0.3) is 5.91 Å². The van der Waals surface area contributed by atoms with Crippen molar-refractivity contribution in [1.29, 1.82) is 0 Å². The van der Waals surface area contributed by atoms with Crippen LogP contribution in [0.5, 0.6) is 11.5 Å². The normalized spacial score (nSPS) is 10.8. The molecule has 0 aliphatic rings. The van der Waals surface area contributed by atoms with Crippen LogP contribution in [-0.2, 0) is 0 Å². The van der Waals surface area contributed by atoms with Crippen LogP contribution in [0, 0.1) is 6.92 Å². The predicted octanol–water partition coefficient (Wildman–Crippen LogP) is 2.86. The number of nitrogens with two attached hydrogens (primary N) is 1. The second-order valence-electron chi connectivity index (χ2n) is 4.63. The molecule has 0 aliphatic carbocycles. The Bertz CT molecular complexity index is 776. The molecule has 1 aromatic carbocycles. The van der Waals surface area contributed by atoms with E-state index in [4.69, 9.17) is 26.8 Å². The van der Waals surface area contributed by atoms with E-state index in [0.29, 0.717) is 44.4 Å². The van der Waals surface area contributed by atoms with E-state index in [9.17, 15) is 4.79 Å². The summed E-state index contributed by atoms with van der Waals surface area (Å²) in [6.07, 6.45) is 1.46. The number of carbonyl (C=O) groups is 1. The van der Waals surface area contributed by atoms with Crippen LogP contribution in [0.3, 0.4) is 0 Å². The van der Waals surface area contributed by atoms with Gasteiger partial charge in [0.05, 0.1) is 30.6 Å². The molecule has 2 rings (SSSR count). The van der Waals surface area contributed by atoms with Crippen LogP contribution in [-0.4, -0.2) is 30.8 Å². The number of nitrogens with one attached hydrogen (secondary N) is 1. The lowest BCUT2D eigenvalue weighted by Gasteiger charge is -2.11. The Balaban J connectivity index is 2.13. The van der Waals surface area contributed by atoms with Crippen molar-refractivity contribution >= 4 is 40.2 Å². The van der Waals surface area contributed by atoms with Gasteiger partial charge < -0.3 is 15.2 Å². The Morgan fingerprint density at radius 2 is 2.29 bits per heavy atom. The highest BCUT2D eigenvalue weighted by atomic mass is 35.5. The Hall–Kier alpha value is -2.32. The molecule has 1 amide bonds. The first-order valence-corrected chi connectivity index (χ1v) is 8.22. The number of hydrogen-bond donors (Lipinski definition) is 2. The predicted molar refractivity (Wildman–Crippen MR) is 95.5 cm³/mol. The summed E-state index contributed by atoms with van der Waals surface area (Å²) in [6.45, 7) is 4.04. The van der Waals surface area contributed by atoms with Crippen molar-refractivity contribution in [1.82, 2.24) is 10.4 Å². The number of rotatable bonds is 6. The number of carbonyl (C=O) groups excluding carboxylic acids is 1. The molecule has 7 nitrogen and oxygen atoms in total. The van der Waals surface area contributed by atoms with Gasteiger partial charge in [-0.1, -0.05) is 22.9 Å². The Kier molecular flexibility index (Phi) is 5.99. The lowest BCUT2D eigenvalue weighted by atomic mass is 10.2. The zero-order chi connectivity index (χ0) is 17.7. The number of anilines is 1. The van der Waals surface area contributed by atoms with Crippen LogP contribution in [0.4, 0.5) is 5.13 Å². The molecule has 0 bridgehead atoms. The molecule has 1 aromatic heterocycles. The third-order valence-electron chi connectivity index (χ3n) is 2.94. The van der Waals surface area contributed by atoms with E-state index < -0.39 is 0 Å². The van der Waals surface area contributed by atoms with Gasteiger partial charge >= 0.3 is 0 Å². The number of ether oxygens (including phenoxy) is 2. The molecule has 128 valence electrons. The minimum absolute atomic E-state index is 0.338. The first kappa shape index (κ1) is 18.0. The number of thiazole rings is 1. The van der Waals surface area contributed by atoms with E-state index >= 15 is 0 Å². The number of amides is 1. The maximum Gasteiger partial charge on any atom is 0.283 e. The van der Waals surface area contributed by atoms with Crippen LogP contribution in [0.25, 0.3) is 0 Å². The molecule has 0 unspecified atom stereocenters. The zero-order valence-electron chi connectivity index (χ0n) is 13.4. The maximum atomic E-state index is 12.0. The molecule has 0 spiro atoms. The average molecular weight is 369 g/mol. The van der Waals surface area contributed by atoms with Gasteiger partial charge in [0.15, 0.2) is 16.6 Å². The first-order valence-electron chi connectivity index (χ1n) is 7.02. The second kappa shape index (κ2) is 7.98. The molecular formula is C15H17ClN4O3S. The monoisotopic (exact) mass is 368 g/mol. The molecule has 3 N–H and O–H groups in total. The summed E-state index contributed by atoms with van der Waals surface area (Å²) in [5, 5.41) is 4.65. The van der Waals surface area contributed by atoms with Crippen molar-refractivity contribution in [2.24, 2.45) is 5.10 Å². The van der Waals surface area contributed by atoms with Gasteiger partial charge in [-0.25, -0.2) is 10.4 Å². The number of halogens is 1. The van der Waals surface area contributed by atoms with E-state index in [1.54, 1.807) is 19.1 Å². The number of methoxy groups -OCH3 is 1. The van der Waals surface area contributed by atoms with E-state index in [1.807, 2.05) is 6.92 Å². The van der Waals surface area contributed by atoms with E-state index in [2.05, 4.69) is 15.5 Å². The summed E-state index contributed by atoms with van der Waals surface area (Å²) < 4.78 is 10.7. The standard InChI is InChI=1S/C15H17ClN4O3S/c1-4-23-12-10(16)5-9(6-11(12)22-3)7-18-20-14(21)13-8(2)19-15(17)24-13/h5-7H,4H2,1-3H3,(H2,17,19)(H,20,21)/b18-7-. The van der Waals surface area contributed by atoms with Crippen molar-refractivity contribution < 1.29 is 14.3 Å².